The van der Waals surface area contributed by atoms with Gasteiger partial charge in [-0.15, -0.1) is 0 Å². The molecule has 1 fully saturated rings. The second-order valence-corrected chi connectivity index (χ2v) is 38.3. The highest BCUT2D eigenvalue weighted by Gasteiger charge is 2.76. The van der Waals surface area contributed by atoms with E-state index >= 15 is 0 Å². The molecule has 1 saturated heterocycles. The summed E-state index contributed by atoms with van der Waals surface area (Å²) in [7, 11) is 6.27. The van der Waals surface area contributed by atoms with Gasteiger partial charge in [-0.05, 0) is 396 Å². The molecular weight excluding hydrogens is 1520 g/mol. The molecular formula is C108H43Cl3N8. The van der Waals surface area contributed by atoms with Gasteiger partial charge in [-0.3, -0.25) is 4.90 Å². The quantitative estimate of drug-likeness (QED) is 0.129. The summed E-state index contributed by atoms with van der Waals surface area (Å²) in [4.78, 5) is 22.9. The van der Waals surface area contributed by atoms with Crippen LogP contribution in [0.2, 0.25) is 0 Å². The number of likely N-dealkylation sites (tertiary alicyclic amines) is 1. The van der Waals surface area contributed by atoms with Gasteiger partial charge in [0.15, 0.2) is 37.2 Å². The van der Waals surface area contributed by atoms with Crippen molar-refractivity contribution in [2.75, 3.05) is 13.1 Å². The van der Waals surface area contributed by atoms with Crippen LogP contribution in [0, 0.1) is 0 Å². The molecule has 42 rings (SSSR count). The maximum atomic E-state index is 5.93. The van der Waals surface area contributed by atoms with Crippen molar-refractivity contribution in [1.82, 2.24) is 24.8 Å². The van der Waals surface area contributed by atoms with Crippen molar-refractivity contribution in [1.29, 1.82) is 0 Å². The van der Waals surface area contributed by atoms with Gasteiger partial charge < -0.3 is 47.2 Å². The number of nitrogens with one attached hydrogen (secondary N) is 2. The number of H-pyrrole nitrogens is 2. The fraction of sp³-hybridized carbons (Fsp3) is 0.0833. The molecule has 9 heterocycles. The number of pyridine rings is 3. The number of halogens is 3. The SMILES string of the molecule is CCN1CC23c4c5c6c7c8c9c(c%10c%11c2c2c4c4c%12c5c5c6c6c8c8c%13c9c9c%10c%10c%11c%11c2c2c4c4c%12c%12c5c5c6c8c6c8c%13c9c9c%10c%10c%11c2c2c4c4c%12c5c6c5c8c9c%10c2c45)C73C1c1ccc(-c2c3nc(c(-c4cc[n+](C)cc4)c4ccc([nH]4)c(-c4cc[n+](C)cc4)c4nc(c(-c5cc[n+](C)cc5)c5ccc2[nH]5)C=C4)C=C3)cc1.[Cl-].[Cl-].[Cl-]. The topological polar surface area (TPSA) is 72.2 Å². The summed E-state index contributed by atoms with van der Waals surface area (Å²) in [6, 6.07) is 32.8. The summed E-state index contributed by atoms with van der Waals surface area (Å²) in [5.74, 6) is 0. The number of fused-ring (bicyclic) bond motifs is 8. The number of aryl methyl sites for hydroxylation is 3. The van der Waals surface area contributed by atoms with Crippen molar-refractivity contribution in [3.8, 4) is 44.5 Å². The number of likely N-dealkylation sites (N-methyl/N-ethyl adjacent to an activating group) is 1. The van der Waals surface area contributed by atoms with Crippen LogP contribution < -0.4 is 50.9 Å². The molecule has 11 heteroatoms. The van der Waals surface area contributed by atoms with E-state index < -0.39 is 10.8 Å². The van der Waals surface area contributed by atoms with Gasteiger partial charge >= 0.3 is 0 Å². The van der Waals surface area contributed by atoms with E-state index in [-0.39, 0.29) is 43.3 Å². The lowest BCUT2D eigenvalue weighted by Gasteiger charge is -2.52. The van der Waals surface area contributed by atoms with Gasteiger partial charge in [0, 0.05) is 93.3 Å². The highest BCUT2D eigenvalue weighted by atomic mass is 35.5. The third-order valence-corrected chi connectivity index (χ3v) is 35.3. The number of hydrogen-bond donors (Lipinski definition) is 2. The molecule has 3 aliphatic heterocycles. The molecule has 6 aromatic heterocycles. The fourth-order valence-corrected chi connectivity index (χ4v) is 32.9. The fourth-order valence-electron chi connectivity index (χ4n) is 32.9. The molecule has 0 radical (unpaired) electrons. The van der Waals surface area contributed by atoms with E-state index in [1.165, 1.54) is 5.56 Å². The van der Waals surface area contributed by atoms with Crippen LogP contribution in [0.3, 0.4) is 0 Å². The van der Waals surface area contributed by atoms with Crippen LogP contribution in [0.4, 0.5) is 0 Å². The molecule has 29 aromatic carbocycles. The molecule has 119 heavy (non-hydrogen) atoms. The molecule has 35 aromatic rings. The van der Waals surface area contributed by atoms with Gasteiger partial charge in [0.25, 0.3) is 0 Å². The van der Waals surface area contributed by atoms with Crippen LogP contribution in [0.25, 0.3) is 382 Å². The largest absolute Gasteiger partial charge is 1.00 e. The van der Waals surface area contributed by atoms with Crippen molar-refractivity contribution in [3.63, 3.8) is 0 Å². The smallest absolute Gasteiger partial charge is 0.169 e. The maximum Gasteiger partial charge on any atom is 0.169 e. The predicted octanol–water partition coefficient (Wildman–Crippen LogP) is 15.5. The number of nitrogens with zero attached hydrogens (tertiary/aromatic N) is 6. The van der Waals surface area contributed by atoms with Crippen molar-refractivity contribution in [3.05, 3.63) is 173 Å². The van der Waals surface area contributed by atoms with E-state index in [9.17, 15) is 0 Å². The highest BCUT2D eigenvalue weighted by Crippen LogP contribution is 2.87. The summed E-state index contributed by atoms with van der Waals surface area (Å²) < 4.78 is 6.33. The first-order valence-electron chi connectivity index (χ1n) is 42.0. The summed E-state index contributed by atoms with van der Waals surface area (Å²) in [6.45, 7) is 4.45. The number of benzene rings is 19. The lowest BCUT2D eigenvalue weighted by Crippen LogP contribution is -3.00. The molecule has 0 amide bonds. The van der Waals surface area contributed by atoms with Crippen LogP contribution in [0.15, 0.2) is 122 Å². The molecule has 2 N–H and O–H groups in total. The zero-order valence-corrected chi connectivity index (χ0v) is 65.4. The van der Waals surface area contributed by atoms with Crippen LogP contribution in [0.5, 0.6) is 0 Å². The normalized spacial score (nSPS) is 18.9. The minimum Gasteiger partial charge on any atom is -1.00 e. The van der Waals surface area contributed by atoms with Crippen LogP contribution in [-0.4, -0.2) is 37.9 Å². The average molecular weight is 1560 g/mol. The molecule has 7 aliphatic rings. The predicted molar refractivity (Wildman–Crippen MR) is 478 cm³/mol. The van der Waals surface area contributed by atoms with Crippen LogP contribution in [0.1, 0.15) is 63.6 Å². The van der Waals surface area contributed by atoms with Gasteiger partial charge in [0.2, 0.25) is 0 Å². The first-order valence-corrected chi connectivity index (χ1v) is 42.0. The Bertz CT molecular complexity index is 10700. The van der Waals surface area contributed by atoms with Gasteiger partial charge in [0.1, 0.15) is 21.1 Å². The van der Waals surface area contributed by atoms with Crippen LogP contribution >= 0.6 is 0 Å². The zero-order chi connectivity index (χ0) is 72.4. The first kappa shape index (κ1) is 56.8. The van der Waals surface area contributed by atoms with Crippen LogP contribution in [-0.2, 0) is 32.0 Å². The molecule has 8 bridgehead atoms. The molecule has 4 aliphatic carbocycles. The third-order valence-electron chi connectivity index (χ3n) is 35.3. The molecule has 536 valence electrons. The maximum absolute atomic E-state index is 5.93. The second-order valence-electron chi connectivity index (χ2n) is 38.3. The summed E-state index contributed by atoms with van der Waals surface area (Å²) in [6.07, 6.45) is 21.8. The van der Waals surface area contributed by atoms with Crippen molar-refractivity contribution >= 4 is 337 Å². The van der Waals surface area contributed by atoms with E-state index in [1.807, 2.05) is 0 Å². The molecule has 2 spiro atoms. The Morgan fingerprint density at radius 1 is 0.277 bits per heavy atom. The van der Waals surface area contributed by atoms with Gasteiger partial charge in [-0.25, -0.2) is 23.7 Å². The van der Waals surface area contributed by atoms with E-state index in [1.54, 1.807) is 313 Å². The van der Waals surface area contributed by atoms with Crippen molar-refractivity contribution in [2.24, 2.45) is 21.1 Å². The number of aromatic nitrogens is 7. The molecule has 1 unspecified atom stereocenters. The Morgan fingerprint density at radius 3 is 0.697 bits per heavy atom. The summed E-state index contributed by atoms with van der Waals surface area (Å²) in [5, 5.41) is 88.6. The van der Waals surface area contributed by atoms with E-state index in [0.717, 1.165) is 102 Å². The van der Waals surface area contributed by atoms with Crippen molar-refractivity contribution in [2.45, 2.75) is 23.8 Å². The monoisotopic (exact) mass is 1560 g/mol. The minimum absolute atomic E-state index is 0. The van der Waals surface area contributed by atoms with Gasteiger partial charge in [0.05, 0.1) is 33.6 Å². The minimum atomic E-state index is -0.493. The Kier molecular flexibility index (Phi) is 7.42. The number of hydrogen-bond acceptors (Lipinski definition) is 3. The van der Waals surface area contributed by atoms with E-state index in [0.29, 0.717) is 0 Å². The lowest BCUT2D eigenvalue weighted by molar-refractivity contribution is -0.671. The molecule has 1 atom stereocenters. The third kappa shape index (κ3) is 4.32. The van der Waals surface area contributed by atoms with Gasteiger partial charge in [-0.2, -0.15) is 0 Å². The van der Waals surface area contributed by atoms with Gasteiger partial charge in [-0.1, -0.05) is 31.2 Å². The number of aromatic amines is 2. The second kappa shape index (κ2) is 15.5. The van der Waals surface area contributed by atoms with Crippen molar-refractivity contribution < 1.29 is 50.9 Å². The highest BCUT2D eigenvalue weighted by molar-refractivity contribution is 6.82. The number of rotatable bonds is 6. The summed E-state index contributed by atoms with van der Waals surface area (Å²) in [5.41, 5.74) is 23.6. The Labute approximate surface area is 683 Å². The molecule has 0 saturated carbocycles. The van der Waals surface area contributed by atoms with E-state index in [2.05, 4.69) is 203 Å². The standard InChI is InChI=1S/C108H42N8.3ClH/c1-5-116-30-107-102-94-86-76-66-58-50-48-49-52-56-54(50)62-70-64(56)74-68-60(52)61-53(49)57-55-51(48)59(58)67-73-63(55)71-65(57)75-69(61)79-78(68)90-84(74)92-82(70)88(80(86)72(62)66)96(102)98(92)104-100(90)101-91(79)85(75)93-83(71)89-81(73)87(77(67)76)95(94)103(107)97(89)99(93)105(101)108(104,107)106(116)35-8-6-31(7-9-35)44-36-10-12-38(109-36)45(32-18-24-113(2)25-19-32)40-14-16-42(111-40)47(34-22-28-115(4)29-23-34)43-17-15-41(112-43)46(39-13-11-37(44)110-39)33-20-26-114(3)27-21-33;;;/h6-29,106H,5,30H2,1-4H3,(H,109,110,111,112);3*1H/q+2;;;/p-2. The Hall–Kier alpha value is -13.4. The Balaban J connectivity index is 0.00000208. The average Bonchev–Trinajstić information content (AvgIpc) is 1.38. The molecule has 8 nitrogen and oxygen atoms in total. The lowest BCUT2D eigenvalue weighted by atomic mass is 9.47. The zero-order valence-electron chi connectivity index (χ0n) is 63.2. The summed E-state index contributed by atoms with van der Waals surface area (Å²) >= 11 is 0. The van der Waals surface area contributed by atoms with E-state index in [4.69, 9.17) is 9.97 Å². The first-order chi connectivity index (χ1) is 57.4. The Morgan fingerprint density at radius 2 is 0.479 bits per heavy atom.